The predicted molar refractivity (Wildman–Crippen MR) is 104 cm³/mol. The van der Waals surface area contributed by atoms with Gasteiger partial charge in [0.05, 0.1) is 6.42 Å². The summed E-state index contributed by atoms with van der Waals surface area (Å²) in [6.45, 7) is 7.48. The number of carbonyl (C=O) groups excluding carboxylic acids is 1. The van der Waals surface area contributed by atoms with Crippen molar-refractivity contribution in [2.75, 3.05) is 13.1 Å². The van der Waals surface area contributed by atoms with Gasteiger partial charge in [-0.2, -0.15) is 0 Å². The van der Waals surface area contributed by atoms with Gasteiger partial charge < -0.3 is 15.2 Å². The minimum absolute atomic E-state index is 0.0148. The van der Waals surface area contributed by atoms with E-state index in [2.05, 4.69) is 34.1 Å². The van der Waals surface area contributed by atoms with Gasteiger partial charge in [-0.25, -0.2) is 4.98 Å². The van der Waals surface area contributed by atoms with E-state index in [1.54, 1.807) is 25.3 Å². The third kappa shape index (κ3) is 4.80. The summed E-state index contributed by atoms with van der Waals surface area (Å²) in [4.78, 5) is 38.5. The van der Waals surface area contributed by atoms with Crippen LogP contribution in [0.4, 0.5) is 0 Å². The van der Waals surface area contributed by atoms with Crippen LogP contribution in [-0.4, -0.2) is 50.9 Å². The number of piperidine rings is 1. The lowest BCUT2D eigenvalue weighted by Gasteiger charge is -2.33. The monoisotopic (exact) mass is 369 g/mol. The number of nitrogens with zero attached hydrogens (tertiary/aromatic N) is 3. The summed E-state index contributed by atoms with van der Waals surface area (Å²) in [5.41, 5.74) is 1.34. The van der Waals surface area contributed by atoms with Gasteiger partial charge in [-0.15, -0.1) is 0 Å². The fourth-order valence-corrected chi connectivity index (χ4v) is 3.47. The fourth-order valence-electron chi connectivity index (χ4n) is 3.47. The molecule has 1 fully saturated rings. The van der Waals surface area contributed by atoms with E-state index < -0.39 is 0 Å². The number of H-pyrrole nitrogens is 1. The summed E-state index contributed by atoms with van der Waals surface area (Å²) in [6.07, 6.45) is 3.62. The number of hydrogen-bond donors (Lipinski definition) is 2. The molecule has 7 nitrogen and oxygen atoms in total. The number of aromatic nitrogens is 3. The number of rotatable bonds is 5. The Hall–Kier alpha value is -2.54. The second kappa shape index (κ2) is 8.43. The molecular weight excluding hydrogens is 342 g/mol. The Labute approximate surface area is 159 Å². The normalized spacial score (nSPS) is 15.3. The lowest BCUT2D eigenvalue weighted by molar-refractivity contribution is -0.131. The Balaban J connectivity index is 1.67. The quantitative estimate of drug-likeness (QED) is 0.837. The molecule has 0 saturated carbocycles. The van der Waals surface area contributed by atoms with Gasteiger partial charge in [-0.1, -0.05) is 19.9 Å². The van der Waals surface area contributed by atoms with Crippen molar-refractivity contribution in [3.05, 3.63) is 46.0 Å². The number of nitrogens with one attached hydrogen (secondary N) is 2. The Morgan fingerprint density at radius 3 is 2.67 bits per heavy atom. The molecule has 0 radical (unpaired) electrons. The smallest absolute Gasteiger partial charge is 0.255 e. The van der Waals surface area contributed by atoms with Crippen molar-refractivity contribution in [3.8, 4) is 11.5 Å². The molecule has 0 aromatic carbocycles. The number of carbonyl (C=O) groups is 1. The van der Waals surface area contributed by atoms with Crippen molar-refractivity contribution < 1.29 is 4.79 Å². The number of likely N-dealkylation sites (tertiary alicyclic amines) is 1. The maximum absolute atomic E-state index is 12.7. The summed E-state index contributed by atoms with van der Waals surface area (Å²) in [5, 5.41) is 3.52. The van der Waals surface area contributed by atoms with E-state index >= 15 is 0 Å². The maximum Gasteiger partial charge on any atom is 0.255 e. The first-order valence-corrected chi connectivity index (χ1v) is 9.49. The minimum atomic E-state index is -0.270. The zero-order chi connectivity index (χ0) is 19.4. The highest BCUT2D eigenvalue weighted by Crippen LogP contribution is 2.14. The van der Waals surface area contributed by atoms with Gasteiger partial charge in [0.25, 0.3) is 5.56 Å². The van der Waals surface area contributed by atoms with Gasteiger partial charge in [0, 0.05) is 42.6 Å². The Bertz CT molecular complexity index is 839. The van der Waals surface area contributed by atoms with Gasteiger partial charge in [0.2, 0.25) is 5.91 Å². The number of amides is 1. The molecule has 1 aliphatic rings. The molecular formula is C20H27N5O2. The first-order chi connectivity index (χ1) is 12.9. The van der Waals surface area contributed by atoms with Crippen LogP contribution in [0.5, 0.6) is 0 Å². The third-order valence-corrected chi connectivity index (χ3v) is 4.87. The van der Waals surface area contributed by atoms with Gasteiger partial charge >= 0.3 is 0 Å². The average Bonchev–Trinajstić information content (AvgIpc) is 2.65. The van der Waals surface area contributed by atoms with Gasteiger partial charge in [0.1, 0.15) is 5.69 Å². The molecule has 27 heavy (non-hydrogen) atoms. The van der Waals surface area contributed by atoms with Crippen molar-refractivity contribution >= 4 is 5.91 Å². The van der Waals surface area contributed by atoms with Crippen LogP contribution in [0.2, 0.25) is 0 Å². The Kier molecular flexibility index (Phi) is 6.01. The van der Waals surface area contributed by atoms with Crippen LogP contribution in [0.25, 0.3) is 11.5 Å². The van der Waals surface area contributed by atoms with E-state index in [1.165, 1.54) is 0 Å². The second-order valence-electron chi connectivity index (χ2n) is 7.35. The molecule has 0 bridgehead atoms. The van der Waals surface area contributed by atoms with Gasteiger partial charge in [-0.05, 0) is 31.9 Å². The van der Waals surface area contributed by atoms with E-state index in [1.807, 2.05) is 11.0 Å². The first-order valence-electron chi connectivity index (χ1n) is 9.49. The summed E-state index contributed by atoms with van der Waals surface area (Å²) >= 11 is 0. The lowest BCUT2D eigenvalue weighted by atomic mass is 10.0. The number of aryl methyl sites for hydroxylation is 1. The SMILES string of the molecule is Cc1nc(-c2ccccn2)[nH]c(=O)c1CC(=O)N1CCC(NC(C)C)CC1. The van der Waals surface area contributed by atoms with Crippen LogP contribution in [0, 0.1) is 6.92 Å². The largest absolute Gasteiger partial charge is 0.342 e. The molecule has 2 N–H and O–H groups in total. The molecule has 2 aromatic heterocycles. The molecule has 1 aliphatic heterocycles. The second-order valence-corrected chi connectivity index (χ2v) is 7.35. The van der Waals surface area contributed by atoms with Crippen LogP contribution in [0.15, 0.2) is 29.2 Å². The summed E-state index contributed by atoms with van der Waals surface area (Å²) in [7, 11) is 0. The molecule has 1 amide bonds. The molecule has 7 heteroatoms. The van der Waals surface area contributed by atoms with E-state index in [4.69, 9.17) is 0 Å². The van der Waals surface area contributed by atoms with E-state index in [-0.39, 0.29) is 17.9 Å². The van der Waals surface area contributed by atoms with Crippen molar-refractivity contribution in [3.63, 3.8) is 0 Å². The predicted octanol–water partition coefficient (Wildman–Crippen LogP) is 1.67. The zero-order valence-electron chi connectivity index (χ0n) is 16.2. The molecule has 0 spiro atoms. The van der Waals surface area contributed by atoms with E-state index in [9.17, 15) is 9.59 Å². The Morgan fingerprint density at radius 2 is 2.07 bits per heavy atom. The number of aromatic amines is 1. The molecule has 1 saturated heterocycles. The molecule has 3 rings (SSSR count). The molecule has 0 aliphatic carbocycles. The highest BCUT2D eigenvalue weighted by molar-refractivity contribution is 5.79. The standard InChI is InChI=1S/C20H27N5O2/c1-13(2)22-15-7-10-25(11-8-15)18(26)12-16-14(3)23-19(24-20(16)27)17-6-4-5-9-21-17/h4-6,9,13,15,22H,7-8,10-12H2,1-3H3,(H,23,24,27). The van der Waals surface area contributed by atoms with Crippen LogP contribution in [-0.2, 0) is 11.2 Å². The van der Waals surface area contributed by atoms with Crippen LogP contribution < -0.4 is 10.9 Å². The lowest BCUT2D eigenvalue weighted by Crippen LogP contribution is -2.47. The maximum atomic E-state index is 12.7. The Morgan fingerprint density at radius 1 is 1.33 bits per heavy atom. The molecule has 3 heterocycles. The number of pyridine rings is 1. The average molecular weight is 369 g/mol. The molecule has 0 unspecified atom stereocenters. The molecule has 0 atom stereocenters. The summed E-state index contributed by atoms with van der Waals surface area (Å²) < 4.78 is 0. The highest BCUT2D eigenvalue weighted by Gasteiger charge is 2.24. The van der Waals surface area contributed by atoms with Crippen molar-refractivity contribution in [1.29, 1.82) is 0 Å². The van der Waals surface area contributed by atoms with E-state index in [0.717, 1.165) is 25.9 Å². The number of hydrogen-bond acceptors (Lipinski definition) is 5. The van der Waals surface area contributed by atoms with Gasteiger partial charge in [0.15, 0.2) is 5.82 Å². The van der Waals surface area contributed by atoms with Crippen LogP contribution in [0.3, 0.4) is 0 Å². The van der Waals surface area contributed by atoms with Gasteiger partial charge in [-0.3, -0.25) is 14.6 Å². The first kappa shape index (κ1) is 19.2. The molecule has 144 valence electrons. The fraction of sp³-hybridized carbons (Fsp3) is 0.500. The van der Waals surface area contributed by atoms with Crippen LogP contribution >= 0.6 is 0 Å². The summed E-state index contributed by atoms with van der Waals surface area (Å²) in [5.74, 6) is 0.411. The highest BCUT2D eigenvalue weighted by atomic mass is 16.2. The van der Waals surface area contributed by atoms with E-state index in [0.29, 0.717) is 34.9 Å². The zero-order valence-corrected chi connectivity index (χ0v) is 16.2. The van der Waals surface area contributed by atoms with Crippen molar-refractivity contribution in [2.45, 2.75) is 52.1 Å². The van der Waals surface area contributed by atoms with Crippen molar-refractivity contribution in [2.24, 2.45) is 0 Å². The minimum Gasteiger partial charge on any atom is -0.342 e. The van der Waals surface area contributed by atoms with Crippen LogP contribution in [0.1, 0.15) is 37.9 Å². The summed E-state index contributed by atoms with van der Waals surface area (Å²) in [6, 6.07) is 6.34. The van der Waals surface area contributed by atoms with Crippen molar-refractivity contribution in [1.82, 2.24) is 25.2 Å². The molecule has 2 aromatic rings. The third-order valence-electron chi connectivity index (χ3n) is 4.87. The topological polar surface area (TPSA) is 91.0 Å².